The summed E-state index contributed by atoms with van der Waals surface area (Å²) in [6.07, 6.45) is 8.63. The van der Waals surface area contributed by atoms with Crippen molar-refractivity contribution < 1.29 is 4.74 Å². The molecule has 0 aromatic carbocycles. The van der Waals surface area contributed by atoms with Crippen LogP contribution in [-0.4, -0.2) is 17.6 Å². The third-order valence-electron chi connectivity index (χ3n) is 4.01. The van der Waals surface area contributed by atoms with Crippen molar-refractivity contribution >= 4 is 0 Å². The Bertz CT molecular complexity index is 364. The van der Waals surface area contributed by atoms with E-state index in [4.69, 9.17) is 4.74 Å². The monoisotopic (exact) mass is 262 g/mol. The van der Waals surface area contributed by atoms with Crippen LogP contribution in [0.1, 0.15) is 51.5 Å². The van der Waals surface area contributed by atoms with Gasteiger partial charge in [-0.1, -0.05) is 26.3 Å². The van der Waals surface area contributed by atoms with Crippen molar-refractivity contribution in [1.82, 2.24) is 10.3 Å². The molecule has 0 radical (unpaired) electrons. The SMILES string of the molecule is CCNCc1ccc(OC2CCCCC2CC)nc1. The van der Waals surface area contributed by atoms with E-state index in [2.05, 4.69) is 30.2 Å². The summed E-state index contributed by atoms with van der Waals surface area (Å²) in [6, 6.07) is 4.11. The maximum atomic E-state index is 6.09. The first kappa shape index (κ1) is 14.3. The second-order valence-electron chi connectivity index (χ2n) is 5.39. The predicted octanol–water partition coefficient (Wildman–Crippen LogP) is 3.54. The van der Waals surface area contributed by atoms with Gasteiger partial charge < -0.3 is 10.1 Å². The maximum Gasteiger partial charge on any atom is 0.213 e. The standard InChI is InChI=1S/C16H26N2O/c1-3-14-7-5-6-8-15(14)19-16-10-9-13(12-18-16)11-17-4-2/h9-10,12,14-15,17H,3-8,11H2,1-2H3. The van der Waals surface area contributed by atoms with E-state index in [1.165, 1.54) is 37.7 Å². The molecule has 0 amide bonds. The molecular weight excluding hydrogens is 236 g/mol. The van der Waals surface area contributed by atoms with Gasteiger partial charge in [0.2, 0.25) is 5.88 Å². The molecule has 19 heavy (non-hydrogen) atoms. The van der Waals surface area contributed by atoms with Crippen molar-refractivity contribution in [2.24, 2.45) is 5.92 Å². The van der Waals surface area contributed by atoms with E-state index in [1.807, 2.05) is 12.3 Å². The number of pyridine rings is 1. The minimum absolute atomic E-state index is 0.367. The fourth-order valence-electron chi connectivity index (χ4n) is 2.81. The Morgan fingerprint density at radius 3 is 2.79 bits per heavy atom. The van der Waals surface area contributed by atoms with Crippen molar-refractivity contribution in [1.29, 1.82) is 0 Å². The van der Waals surface area contributed by atoms with Crippen molar-refractivity contribution in [2.45, 2.75) is 58.6 Å². The Balaban J connectivity index is 1.90. The molecule has 1 N–H and O–H groups in total. The van der Waals surface area contributed by atoms with Gasteiger partial charge in [-0.25, -0.2) is 4.98 Å². The van der Waals surface area contributed by atoms with Gasteiger partial charge in [-0.2, -0.15) is 0 Å². The zero-order chi connectivity index (χ0) is 13.5. The highest BCUT2D eigenvalue weighted by Gasteiger charge is 2.25. The fraction of sp³-hybridized carbons (Fsp3) is 0.688. The van der Waals surface area contributed by atoms with Crippen LogP contribution in [-0.2, 0) is 6.54 Å². The van der Waals surface area contributed by atoms with Gasteiger partial charge in [0.15, 0.2) is 0 Å². The number of hydrogen-bond acceptors (Lipinski definition) is 3. The lowest BCUT2D eigenvalue weighted by Crippen LogP contribution is -2.30. The molecule has 0 spiro atoms. The highest BCUT2D eigenvalue weighted by atomic mass is 16.5. The summed E-state index contributed by atoms with van der Waals surface area (Å²) in [5.74, 6) is 1.49. The van der Waals surface area contributed by atoms with Gasteiger partial charge in [0, 0.05) is 18.8 Å². The first-order chi connectivity index (χ1) is 9.33. The molecule has 1 aromatic rings. The maximum absolute atomic E-state index is 6.09. The van der Waals surface area contributed by atoms with Crippen LogP contribution in [0.15, 0.2) is 18.3 Å². The van der Waals surface area contributed by atoms with E-state index in [0.29, 0.717) is 12.0 Å². The van der Waals surface area contributed by atoms with Gasteiger partial charge in [-0.05, 0) is 43.7 Å². The average Bonchev–Trinajstić information content (AvgIpc) is 2.47. The minimum Gasteiger partial charge on any atom is -0.474 e. The highest BCUT2D eigenvalue weighted by molar-refractivity contribution is 5.18. The second-order valence-corrected chi connectivity index (χ2v) is 5.39. The first-order valence-corrected chi connectivity index (χ1v) is 7.65. The summed E-state index contributed by atoms with van der Waals surface area (Å²) in [5.41, 5.74) is 1.21. The van der Waals surface area contributed by atoms with E-state index in [1.54, 1.807) is 0 Å². The zero-order valence-corrected chi connectivity index (χ0v) is 12.2. The Labute approximate surface area is 116 Å². The number of rotatable bonds is 6. The Hall–Kier alpha value is -1.09. The van der Waals surface area contributed by atoms with Gasteiger partial charge in [0.1, 0.15) is 6.10 Å². The summed E-state index contributed by atoms with van der Waals surface area (Å²) in [4.78, 5) is 4.43. The molecule has 2 rings (SSSR count). The lowest BCUT2D eigenvalue weighted by atomic mass is 9.85. The molecule has 0 aliphatic heterocycles. The van der Waals surface area contributed by atoms with E-state index >= 15 is 0 Å². The van der Waals surface area contributed by atoms with E-state index in [-0.39, 0.29) is 0 Å². The molecule has 1 saturated carbocycles. The third-order valence-corrected chi connectivity index (χ3v) is 4.01. The Morgan fingerprint density at radius 2 is 2.11 bits per heavy atom. The van der Waals surface area contributed by atoms with Crippen LogP contribution in [0.3, 0.4) is 0 Å². The van der Waals surface area contributed by atoms with E-state index in [9.17, 15) is 0 Å². The van der Waals surface area contributed by atoms with Crippen LogP contribution in [0, 0.1) is 5.92 Å². The summed E-state index contributed by atoms with van der Waals surface area (Å²) in [7, 11) is 0. The van der Waals surface area contributed by atoms with Crippen molar-refractivity contribution in [3.63, 3.8) is 0 Å². The van der Waals surface area contributed by atoms with Crippen LogP contribution < -0.4 is 10.1 Å². The molecule has 0 saturated heterocycles. The minimum atomic E-state index is 0.367. The Kier molecular flexibility index (Phi) is 5.64. The largest absolute Gasteiger partial charge is 0.474 e. The summed E-state index contributed by atoms with van der Waals surface area (Å²) >= 11 is 0. The van der Waals surface area contributed by atoms with Crippen molar-refractivity contribution in [3.05, 3.63) is 23.9 Å². The lowest BCUT2D eigenvalue weighted by Gasteiger charge is -2.30. The third kappa shape index (κ3) is 4.20. The zero-order valence-electron chi connectivity index (χ0n) is 12.2. The van der Waals surface area contributed by atoms with Crippen LogP contribution >= 0.6 is 0 Å². The molecule has 2 atom stereocenters. The number of hydrogen-bond donors (Lipinski definition) is 1. The van der Waals surface area contributed by atoms with Gasteiger partial charge in [-0.3, -0.25) is 0 Å². The summed E-state index contributed by atoms with van der Waals surface area (Å²) < 4.78 is 6.09. The number of nitrogens with one attached hydrogen (secondary N) is 1. The fourth-order valence-corrected chi connectivity index (χ4v) is 2.81. The number of nitrogens with zero attached hydrogens (tertiary/aromatic N) is 1. The van der Waals surface area contributed by atoms with E-state index < -0.39 is 0 Å². The molecule has 0 bridgehead atoms. The van der Waals surface area contributed by atoms with Gasteiger partial charge in [0.05, 0.1) is 0 Å². The van der Waals surface area contributed by atoms with E-state index in [0.717, 1.165) is 19.0 Å². The molecule has 1 fully saturated rings. The predicted molar refractivity (Wildman–Crippen MR) is 78.3 cm³/mol. The normalized spacial score (nSPS) is 23.3. The molecule has 3 heteroatoms. The molecule has 3 nitrogen and oxygen atoms in total. The van der Waals surface area contributed by atoms with Crippen LogP contribution in [0.5, 0.6) is 5.88 Å². The van der Waals surface area contributed by atoms with Crippen LogP contribution in [0.4, 0.5) is 0 Å². The van der Waals surface area contributed by atoms with Crippen molar-refractivity contribution in [2.75, 3.05) is 6.54 Å². The average molecular weight is 262 g/mol. The topological polar surface area (TPSA) is 34.1 Å². The molecule has 1 heterocycles. The first-order valence-electron chi connectivity index (χ1n) is 7.65. The number of ether oxygens (including phenoxy) is 1. The lowest BCUT2D eigenvalue weighted by molar-refractivity contribution is 0.0858. The molecule has 1 aliphatic carbocycles. The van der Waals surface area contributed by atoms with Gasteiger partial charge >= 0.3 is 0 Å². The van der Waals surface area contributed by atoms with Crippen molar-refractivity contribution in [3.8, 4) is 5.88 Å². The second kappa shape index (κ2) is 7.49. The molecule has 1 aromatic heterocycles. The Morgan fingerprint density at radius 1 is 1.26 bits per heavy atom. The quantitative estimate of drug-likeness (QED) is 0.851. The molecular formula is C16H26N2O. The van der Waals surface area contributed by atoms with Crippen LogP contribution in [0.25, 0.3) is 0 Å². The van der Waals surface area contributed by atoms with Gasteiger partial charge in [-0.15, -0.1) is 0 Å². The highest BCUT2D eigenvalue weighted by Crippen LogP contribution is 2.29. The summed E-state index contributed by atoms with van der Waals surface area (Å²) in [6.45, 7) is 6.24. The molecule has 2 unspecified atom stereocenters. The summed E-state index contributed by atoms with van der Waals surface area (Å²) in [5, 5.41) is 3.30. The molecule has 106 valence electrons. The number of aromatic nitrogens is 1. The van der Waals surface area contributed by atoms with Crippen LogP contribution in [0.2, 0.25) is 0 Å². The smallest absolute Gasteiger partial charge is 0.213 e. The molecule has 1 aliphatic rings. The van der Waals surface area contributed by atoms with Gasteiger partial charge in [0.25, 0.3) is 0 Å².